The maximum Gasteiger partial charge on any atom is 0.269 e. The molecule has 0 saturated heterocycles. The lowest BCUT2D eigenvalue weighted by Crippen LogP contribution is -2.24. The summed E-state index contributed by atoms with van der Waals surface area (Å²) in [6.07, 6.45) is 1.99. The van der Waals surface area contributed by atoms with Gasteiger partial charge in [-0.25, -0.2) is 4.68 Å². The third-order valence-electron chi connectivity index (χ3n) is 4.55. The Bertz CT molecular complexity index is 1150. The first-order valence-electron chi connectivity index (χ1n) is 9.28. The van der Waals surface area contributed by atoms with Crippen LogP contribution in [-0.2, 0) is 17.8 Å². The number of hydrogen-bond donors (Lipinski definition) is 1. The highest BCUT2D eigenvalue weighted by Gasteiger charge is 2.16. The molecule has 0 radical (unpaired) electrons. The van der Waals surface area contributed by atoms with Crippen molar-refractivity contribution in [3.63, 3.8) is 0 Å². The van der Waals surface area contributed by atoms with Gasteiger partial charge < -0.3 is 5.32 Å². The molecule has 0 fully saturated rings. The van der Waals surface area contributed by atoms with E-state index < -0.39 is 4.92 Å². The maximum absolute atomic E-state index is 12.5. The number of para-hydroxylation sites is 1. The number of amides is 1. The lowest BCUT2D eigenvalue weighted by Gasteiger charge is -2.04. The van der Waals surface area contributed by atoms with Gasteiger partial charge in [0.15, 0.2) is 0 Å². The van der Waals surface area contributed by atoms with Crippen LogP contribution in [-0.4, -0.2) is 20.6 Å². The largest absolute Gasteiger partial charge is 0.351 e. The molecule has 0 bridgehead atoms. The Hall–Kier alpha value is -3.78. The van der Waals surface area contributed by atoms with Crippen molar-refractivity contribution >= 4 is 22.9 Å². The number of carbonyl (C=O) groups excluding carboxylic acids is 1. The Morgan fingerprint density at radius 2 is 1.83 bits per heavy atom. The molecule has 1 amide bonds. The quantitative estimate of drug-likeness (QED) is 0.356. The number of nitro benzene ring substituents is 1. The summed E-state index contributed by atoms with van der Waals surface area (Å²) in [5, 5.41) is 20.5. The number of carbonyl (C=O) groups is 1. The van der Waals surface area contributed by atoms with E-state index in [4.69, 9.17) is 0 Å². The van der Waals surface area contributed by atoms with E-state index in [0.717, 1.165) is 21.7 Å². The fourth-order valence-electron chi connectivity index (χ4n) is 3.07. The van der Waals surface area contributed by atoms with E-state index in [1.54, 1.807) is 28.2 Å². The van der Waals surface area contributed by atoms with Crippen LogP contribution in [0.2, 0.25) is 0 Å². The molecule has 0 unspecified atom stereocenters. The molecular formula is C22H18N4O3S. The fourth-order valence-corrected chi connectivity index (χ4v) is 3.71. The zero-order chi connectivity index (χ0) is 20.9. The minimum absolute atomic E-state index is 0.0106. The summed E-state index contributed by atoms with van der Waals surface area (Å²) in [6, 6.07) is 19.7. The Balaban J connectivity index is 1.62. The number of thiophene rings is 1. The van der Waals surface area contributed by atoms with E-state index in [-0.39, 0.29) is 18.0 Å². The lowest BCUT2D eigenvalue weighted by atomic mass is 10.1. The van der Waals surface area contributed by atoms with Gasteiger partial charge >= 0.3 is 0 Å². The number of hydrogen-bond acceptors (Lipinski definition) is 5. The lowest BCUT2D eigenvalue weighted by molar-refractivity contribution is -0.384. The van der Waals surface area contributed by atoms with E-state index in [1.807, 2.05) is 54.0 Å². The van der Waals surface area contributed by atoms with Crippen LogP contribution in [0.4, 0.5) is 5.69 Å². The normalized spacial score (nSPS) is 10.7. The monoisotopic (exact) mass is 418 g/mol. The summed E-state index contributed by atoms with van der Waals surface area (Å²) in [7, 11) is 0. The van der Waals surface area contributed by atoms with Crippen LogP contribution >= 0.6 is 11.3 Å². The minimum atomic E-state index is -0.439. The van der Waals surface area contributed by atoms with E-state index in [1.165, 1.54) is 12.1 Å². The molecule has 2 heterocycles. The van der Waals surface area contributed by atoms with Gasteiger partial charge in [-0.05, 0) is 35.7 Å². The van der Waals surface area contributed by atoms with Crippen molar-refractivity contribution in [3.8, 4) is 16.9 Å². The number of nitro groups is 1. The highest BCUT2D eigenvalue weighted by Crippen LogP contribution is 2.26. The average molecular weight is 418 g/mol. The van der Waals surface area contributed by atoms with Gasteiger partial charge in [0, 0.05) is 34.3 Å². The van der Waals surface area contributed by atoms with Crippen molar-refractivity contribution in [1.82, 2.24) is 15.1 Å². The van der Waals surface area contributed by atoms with Crippen molar-refractivity contribution in [2.24, 2.45) is 0 Å². The maximum atomic E-state index is 12.5. The van der Waals surface area contributed by atoms with Gasteiger partial charge in [0.05, 0.1) is 29.3 Å². The van der Waals surface area contributed by atoms with Crippen molar-refractivity contribution in [1.29, 1.82) is 0 Å². The van der Waals surface area contributed by atoms with Gasteiger partial charge in [-0.3, -0.25) is 14.9 Å². The van der Waals surface area contributed by atoms with Gasteiger partial charge in [0.1, 0.15) is 0 Å². The first kappa shape index (κ1) is 19.5. The van der Waals surface area contributed by atoms with Crippen molar-refractivity contribution in [3.05, 3.63) is 98.9 Å². The molecule has 4 aromatic rings. The van der Waals surface area contributed by atoms with Crippen LogP contribution in [0.25, 0.3) is 16.9 Å². The smallest absolute Gasteiger partial charge is 0.269 e. The molecule has 2 aromatic carbocycles. The van der Waals surface area contributed by atoms with Crippen molar-refractivity contribution in [2.75, 3.05) is 0 Å². The molecule has 0 atom stereocenters. The number of benzene rings is 2. The zero-order valence-electron chi connectivity index (χ0n) is 15.9. The summed E-state index contributed by atoms with van der Waals surface area (Å²) < 4.78 is 1.72. The highest BCUT2D eigenvalue weighted by molar-refractivity contribution is 7.09. The van der Waals surface area contributed by atoms with Crippen LogP contribution in [0.1, 0.15) is 10.4 Å². The SMILES string of the molecule is O=C(Cc1cn(-c2ccccc2)nc1-c1ccc([N+](=O)[O-])cc1)NCc1cccs1. The molecule has 8 heteroatoms. The van der Waals surface area contributed by atoms with Gasteiger partial charge in [-0.1, -0.05) is 24.3 Å². The third kappa shape index (κ3) is 4.44. The molecule has 0 aliphatic carbocycles. The standard InChI is InChI=1S/C22H18N4O3S/c27-21(23-14-20-7-4-12-30-20)13-17-15-25(18-5-2-1-3-6-18)24-22(17)16-8-10-19(11-9-16)26(28)29/h1-12,15H,13-14H2,(H,23,27). The van der Waals surface area contributed by atoms with Crippen LogP contribution in [0.3, 0.4) is 0 Å². The molecular weight excluding hydrogens is 400 g/mol. The Morgan fingerprint density at radius 1 is 1.07 bits per heavy atom. The number of rotatable bonds is 7. The molecule has 0 aliphatic rings. The Kier molecular flexibility index (Phi) is 5.67. The first-order valence-corrected chi connectivity index (χ1v) is 10.2. The van der Waals surface area contributed by atoms with Crippen LogP contribution < -0.4 is 5.32 Å². The van der Waals surface area contributed by atoms with E-state index in [9.17, 15) is 14.9 Å². The summed E-state index contributed by atoms with van der Waals surface area (Å²) >= 11 is 1.59. The van der Waals surface area contributed by atoms with E-state index >= 15 is 0 Å². The van der Waals surface area contributed by atoms with Gasteiger partial charge in [0.25, 0.3) is 5.69 Å². The molecule has 30 heavy (non-hydrogen) atoms. The second kappa shape index (κ2) is 8.71. The van der Waals surface area contributed by atoms with Gasteiger partial charge in [0.2, 0.25) is 5.91 Å². The summed E-state index contributed by atoms with van der Waals surface area (Å²) in [4.78, 5) is 24.1. The Labute approximate surface area is 176 Å². The van der Waals surface area contributed by atoms with Gasteiger partial charge in [-0.15, -0.1) is 11.3 Å². The average Bonchev–Trinajstić information content (AvgIpc) is 3.43. The molecule has 4 rings (SSSR count). The first-order chi connectivity index (χ1) is 14.6. The van der Waals surface area contributed by atoms with Crippen LogP contribution in [0.15, 0.2) is 78.3 Å². The minimum Gasteiger partial charge on any atom is -0.351 e. The predicted octanol–water partition coefficient (Wildman–Crippen LogP) is 4.37. The number of nitrogens with zero attached hydrogens (tertiary/aromatic N) is 3. The van der Waals surface area contributed by atoms with E-state index in [2.05, 4.69) is 10.4 Å². The number of nitrogens with one attached hydrogen (secondary N) is 1. The number of non-ortho nitro benzene ring substituents is 1. The fraction of sp³-hybridized carbons (Fsp3) is 0.0909. The topological polar surface area (TPSA) is 90.1 Å². The predicted molar refractivity (Wildman–Crippen MR) is 116 cm³/mol. The van der Waals surface area contributed by atoms with Gasteiger partial charge in [-0.2, -0.15) is 5.10 Å². The molecule has 0 saturated carbocycles. The van der Waals surface area contributed by atoms with Crippen LogP contribution in [0, 0.1) is 10.1 Å². The number of aromatic nitrogens is 2. The molecule has 0 spiro atoms. The molecule has 2 aromatic heterocycles. The molecule has 7 nitrogen and oxygen atoms in total. The Morgan fingerprint density at radius 3 is 2.50 bits per heavy atom. The zero-order valence-corrected chi connectivity index (χ0v) is 16.7. The van der Waals surface area contributed by atoms with Crippen molar-refractivity contribution < 1.29 is 9.72 Å². The summed E-state index contributed by atoms with van der Waals surface area (Å²) in [5.74, 6) is -0.112. The van der Waals surface area contributed by atoms with Crippen LogP contribution in [0.5, 0.6) is 0 Å². The molecule has 1 N–H and O–H groups in total. The highest BCUT2D eigenvalue weighted by atomic mass is 32.1. The third-order valence-corrected chi connectivity index (χ3v) is 5.43. The van der Waals surface area contributed by atoms with E-state index in [0.29, 0.717) is 12.2 Å². The molecule has 0 aliphatic heterocycles. The van der Waals surface area contributed by atoms with Crippen molar-refractivity contribution in [2.45, 2.75) is 13.0 Å². The second-order valence-electron chi connectivity index (χ2n) is 6.62. The molecule has 150 valence electrons. The second-order valence-corrected chi connectivity index (χ2v) is 7.65. The summed E-state index contributed by atoms with van der Waals surface area (Å²) in [5.41, 5.74) is 2.97. The summed E-state index contributed by atoms with van der Waals surface area (Å²) in [6.45, 7) is 0.482.